The van der Waals surface area contributed by atoms with Crippen molar-refractivity contribution in [3.05, 3.63) is 48.8 Å². The van der Waals surface area contributed by atoms with Gasteiger partial charge in [0, 0.05) is 28.8 Å². The maximum atomic E-state index is 5.26. The first kappa shape index (κ1) is 12.6. The van der Waals surface area contributed by atoms with Crippen LogP contribution >= 0.6 is 0 Å². The van der Waals surface area contributed by atoms with Crippen LogP contribution in [0.5, 0.6) is 5.75 Å². The normalized spacial score (nSPS) is 10.4. The van der Waals surface area contributed by atoms with Crippen LogP contribution in [0.4, 0.5) is 0 Å². The van der Waals surface area contributed by atoms with Gasteiger partial charge in [-0.2, -0.15) is 5.10 Å². The molecule has 0 amide bonds. The molecule has 100 valence electrons. The molecule has 0 aliphatic carbocycles. The Morgan fingerprint density at radius 1 is 1.00 bits per heavy atom. The van der Waals surface area contributed by atoms with Crippen molar-refractivity contribution in [2.75, 3.05) is 7.11 Å². The summed E-state index contributed by atoms with van der Waals surface area (Å²) in [6.07, 6.45) is 3.43. The molecule has 0 saturated heterocycles. The number of hydrogen-bond acceptors (Lipinski definition) is 5. The molecule has 0 bridgehead atoms. The number of ether oxygens (including phenoxy) is 1. The minimum Gasteiger partial charge on any atom is -0.740 e. The van der Waals surface area contributed by atoms with Gasteiger partial charge in [0.05, 0.1) is 7.11 Å². The molecular formula is C14H11N4OS-. The van der Waals surface area contributed by atoms with Crippen LogP contribution in [0.25, 0.3) is 17.1 Å². The zero-order valence-corrected chi connectivity index (χ0v) is 11.5. The number of nitrogens with zero attached hydrogens (tertiary/aromatic N) is 4. The highest BCUT2D eigenvalue weighted by atomic mass is 32.1. The lowest BCUT2D eigenvalue weighted by Gasteiger charge is -2.13. The van der Waals surface area contributed by atoms with Gasteiger partial charge in [-0.05, 0) is 36.4 Å². The van der Waals surface area contributed by atoms with E-state index in [1.807, 2.05) is 41.0 Å². The smallest absolute Gasteiger partial charge is 0.167 e. The third kappa shape index (κ3) is 2.21. The molecule has 2 heterocycles. The molecule has 3 aromatic rings. The van der Waals surface area contributed by atoms with Crippen molar-refractivity contribution in [2.45, 2.75) is 5.16 Å². The van der Waals surface area contributed by atoms with Crippen LogP contribution < -0.4 is 4.74 Å². The summed E-state index contributed by atoms with van der Waals surface area (Å²) < 4.78 is 6.98. The molecule has 0 radical (unpaired) electrons. The maximum absolute atomic E-state index is 5.26. The first-order valence-electron chi connectivity index (χ1n) is 5.97. The lowest BCUT2D eigenvalue weighted by atomic mass is 10.2. The minimum atomic E-state index is 0.418. The number of methoxy groups -OCH3 is 1. The average molecular weight is 283 g/mol. The van der Waals surface area contributed by atoms with Gasteiger partial charge in [-0.1, -0.05) is 0 Å². The van der Waals surface area contributed by atoms with Gasteiger partial charge in [-0.25, -0.2) is 0 Å². The van der Waals surface area contributed by atoms with Gasteiger partial charge in [0.25, 0.3) is 0 Å². The van der Waals surface area contributed by atoms with Gasteiger partial charge >= 0.3 is 0 Å². The molecule has 0 unspecified atom stereocenters. The van der Waals surface area contributed by atoms with E-state index in [4.69, 9.17) is 17.4 Å². The van der Waals surface area contributed by atoms with Crippen LogP contribution in [-0.4, -0.2) is 26.9 Å². The van der Waals surface area contributed by atoms with Crippen LogP contribution in [0.2, 0.25) is 0 Å². The van der Waals surface area contributed by atoms with Crippen LogP contribution in [0.1, 0.15) is 0 Å². The lowest BCUT2D eigenvalue weighted by Crippen LogP contribution is -1.99. The van der Waals surface area contributed by atoms with Gasteiger partial charge in [0.1, 0.15) is 5.75 Å². The van der Waals surface area contributed by atoms with Crippen LogP contribution in [0, 0.1) is 0 Å². The highest BCUT2D eigenvalue weighted by Crippen LogP contribution is 2.23. The summed E-state index contributed by atoms with van der Waals surface area (Å²) in [5.41, 5.74) is 1.81. The minimum absolute atomic E-state index is 0.418. The van der Waals surface area contributed by atoms with Gasteiger partial charge < -0.3 is 17.4 Å². The van der Waals surface area contributed by atoms with Gasteiger partial charge in [0.2, 0.25) is 0 Å². The Morgan fingerprint density at radius 2 is 1.70 bits per heavy atom. The number of benzene rings is 1. The quantitative estimate of drug-likeness (QED) is 0.690. The van der Waals surface area contributed by atoms with Crippen molar-refractivity contribution in [3.63, 3.8) is 0 Å². The highest BCUT2D eigenvalue weighted by molar-refractivity contribution is 7.58. The number of rotatable bonds is 3. The monoisotopic (exact) mass is 283 g/mol. The molecule has 0 atom stereocenters. The maximum Gasteiger partial charge on any atom is 0.167 e. The summed E-state index contributed by atoms with van der Waals surface area (Å²) in [5, 5.41) is 8.56. The fraction of sp³-hybridized carbons (Fsp3) is 0.0714. The molecule has 20 heavy (non-hydrogen) atoms. The summed E-state index contributed by atoms with van der Waals surface area (Å²) >= 11 is 5.26. The lowest BCUT2D eigenvalue weighted by molar-refractivity contribution is 0.414. The van der Waals surface area contributed by atoms with E-state index in [-0.39, 0.29) is 0 Å². The molecule has 2 aromatic heterocycles. The summed E-state index contributed by atoms with van der Waals surface area (Å²) in [6, 6.07) is 11.3. The van der Waals surface area contributed by atoms with E-state index in [2.05, 4.69) is 15.2 Å². The molecule has 3 rings (SSSR count). The van der Waals surface area contributed by atoms with Crippen molar-refractivity contribution in [3.8, 4) is 22.8 Å². The van der Waals surface area contributed by atoms with Crippen molar-refractivity contribution in [1.29, 1.82) is 0 Å². The van der Waals surface area contributed by atoms with Gasteiger partial charge in [-0.3, -0.25) is 9.55 Å². The molecule has 6 heteroatoms. The van der Waals surface area contributed by atoms with Crippen molar-refractivity contribution >= 4 is 12.6 Å². The van der Waals surface area contributed by atoms with E-state index in [0.29, 0.717) is 11.0 Å². The molecule has 0 fully saturated rings. The molecule has 0 aliphatic heterocycles. The summed E-state index contributed by atoms with van der Waals surface area (Å²) in [7, 11) is 1.63. The molecule has 0 N–H and O–H groups in total. The van der Waals surface area contributed by atoms with Gasteiger partial charge in [-0.15, -0.1) is 5.10 Å². The Labute approximate surface area is 121 Å². The van der Waals surface area contributed by atoms with E-state index in [0.717, 1.165) is 17.0 Å². The van der Waals surface area contributed by atoms with Crippen molar-refractivity contribution in [1.82, 2.24) is 19.7 Å². The Kier molecular flexibility index (Phi) is 3.30. The zero-order valence-electron chi connectivity index (χ0n) is 10.7. The predicted octanol–water partition coefficient (Wildman–Crippen LogP) is 2.24. The van der Waals surface area contributed by atoms with Crippen LogP contribution in [-0.2, 0) is 12.6 Å². The number of aromatic nitrogens is 4. The molecule has 0 saturated carbocycles. The Bertz CT molecular complexity index is 710. The standard InChI is InChI=1S/C14H12N4OS/c1-19-12-4-2-11(3-5-12)18-13(16-17-14(18)20)10-6-8-15-9-7-10/h2-9H,1H3,(H,17,20)/p-1. The number of pyridine rings is 1. The molecule has 5 nitrogen and oxygen atoms in total. The molecular weight excluding hydrogens is 272 g/mol. The Hall–Kier alpha value is -2.47. The Morgan fingerprint density at radius 3 is 2.35 bits per heavy atom. The highest BCUT2D eigenvalue weighted by Gasteiger charge is 2.09. The first-order chi connectivity index (χ1) is 9.79. The van der Waals surface area contributed by atoms with E-state index >= 15 is 0 Å². The molecule has 0 aliphatic rings. The largest absolute Gasteiger partial charge is 0.740 e. The summed E-state index contributed by atoms with van der Waals surface area (Å²) in [5.74, 6) is 1.49. The zero-order chi connectivity index (χ0) is 13.9. The van der Waals surface area contributed by atoms with Crippen LogP contribution in [0.15, 0.2) is 53.9 Å². The third-order valence-corrected chi connectivity index (χ3v) is 3.17. The predicted molar refractivity (Wildman–Crippen MR) is 76.8 cm³/mol. The molecule has 0 spiro atoms. The fourth-order valence-corrected chi connectivity index (χ4v) is 2.15. The SMILES string of the molecule is COc1ccc(-n2c([S-])nnc2-c2ccncc2)cc1. The molecule has 1 aromatic carbocycles. The topological polar surface area (TPSA) is 52.8 Å². The number of hydrogen-bond donors (Lipinski definition) is 0. The Balaban J connectivity index is 2.11. The second kappa shape index (κ2) is 5.26. The van der Waals surface area contributed by atoms with E-state index in [1.54, 1.807) is 19.5 Å². The summed E-state index contributed by atoms with van der Waals surface area (Å²) in [6.45, 7) is 0. The van der Waals surface area contributed by atoms with Crippen molar-refractivity contribution in [2.24, 2.45) is 0 Å². The van der Waals surface area contributed by atoms with E-state index in [1.165, 1.54) is 0 Å². The second-order valence-corrected chi connectivity index (χ2v) is 4.44. The van der Waals surface area contributed by atoms with E-state index < -0.39 is 0 Å². The van der Waals surface area contributed by atoms with Gasteiger partial charge in [0.15, 0.2) is 5.82 Å². The summed E-state index contributed by atoms with van der Waals surface area (Å²) in [4.78, 5) is 4.00. The average Bonchev–Trinajstić information content (AvgIpc) is 2.90. The first-order valence-corrected chi connectivity index (χ1v) is 6.37. The second-order valence-electron chi connectivity index (χ2n) is 4.08. The van der Waals surface area contributed by atoms with Crippen molar-refractivity contribution < 1.29 is 4.74 Å². The van der Waals surface area contributed by atoms with Crippen LogP contribution in [0.3, 0.4) is 0 Å². The van der Waals surface area contributed by atoms with E-state index in [9.17, 15) is 0 Å². The third-order valence-electron chi connectivity index (χ3n) is 2.90. The fourth-order valence-electron chi connectivity index (χ4n) is 1.92.